The summed E-state index contributed by atoms with van der Waals surface area (Å²) in [6.45, 7) is 4.07. The molecule has 7 rings (SSSR count). The van der Waals surface area contributed by atoms with Crippen LogP contribution in [0, 0.1) is 0 Å². The molecule has 5 heteroatoms. The number of fused-ring (bicyclic) bond motifs is 1. The number of para-hydroxylation sites is 1. The topological polar surface area (TPSA) is 25.9 Å². The van der Waals surface area contributed by atoms with Crippen molar-refractivity contribution in [3.05, 3.63) is 151 Å². The van der Waals surface area contributed by atoms with E-state index in [1.54, 1.807) is 0 Å². The molecule has 0 radical (unpaired) electrons. The number of aromatic nitrogens is 1. The van der Waals surface area contributed by atoms with Gasteiger partial charge in [-0.1, -0.05) is 97.8 Å². The Labute approximate surface area is 286 Å². The highest BCUT2D eigenvalue weighted by molar-refractivity contribution is 5.96. The maximum absolute atomic E-state index is 4.90. The van der Waals surface area contributed by atoms with E-state index in [1.165, 1.54) is 77.4 Å². The SMILES string of the molecule is C1=CN(c2ccccc2)CN1CCCCN1C=CN(c2ccc(CCCCCCc3cnc(-c4ccccc4)c4ccccc34)cc2)C1. The highest BCUT2D eigenvalue weighted by Gasteiger charge is 2.16. The molecule has 0 N–H and O–H groups in total. The number of hydrogen-bond donors (Lipinski definition) is 0. The molecule has 4 aromatic carbocycles. The van der Waals surface area contributed by atoms with Gasteiger partial charge in [-0.15, -0.1) is 0 Å². The molecule has 1 aromatic heterocycles. The average Bonchev–Trinajstić information content (AvgIpc) is 3.83. The molecule has 48 heavy (non-hydrogen) atoms. The van der Waals surface area contributed by atoms with Gasteiger partial charge < -0.3 is 19.6 Å². The predicted octanol–water partition coefficient (Wildman–Crippen LogP) is 9.83. The Hall–Kier alpha value is -5.03. The molecule has 0 saturated heterocycles. The maximum atomic E-state index is 4.90. The van der Waals surface area contributed by atoms with Gasteiger partial charge in [0.1, 0.15) is 0 Å². The Kier molecular flexibility index (Phi) is 10.3. The normalized spacial score (nSPS) is 14.2. The fourth-order valence-electron chi connectivity index (χ4n) is 6.93. The van der Waals surface area contributed by atoms with E-state index in [4.69, 9.17) is 4.98 Å². The average molecular weight is 634 g/mol. The highest BCUT2D eigenvalue weighted by atomic mass is 15.3. The molecule has 0 bridgehead atoms. The molecule has 0 amide bonds. The second kappa shape index (κ2) is 15.7. The molecule has 0 spiro atoms. The zero-order valence-electron chi connectivity index (χ0n) is 28.0. The van der Waals surface area contributed by atoms with Gasteiger partial charge in [0, 0.05) is 66.4 Å². The Bertz CT molecular complexity index is 1800. The summed E-state index contributed by atoms with van der Waals surface area (Å²) in [5, 5.41) is 2.59. The Morgan fingerprint density at radius 3 is 1.71 bits per heavy atom. The summed E-state index contributed by atoms with van der Waals surface area (Å²) in [4.78, 5) is 14.4. The van der Waals surface area contributed by atoms with Crippen molar-refractivity contribution in [1.29, 1.82) is 0 Å². The molecular weight excluding hydrogens is 587 g/mol. The van der Waals surface area contributed by atoms with Crippen LogP contribution in [0.4, 0.5) is 11.4 Å². The molecular formula is C43H47N5. The van der Waals surface area contributed by atoms with Gasteiger partial charge in [-0.2, -0.15) is 0 Å². The van der Waals surface area contributed by atoms with E-state index in [0.717, 1.165) is 45.0 Å². The lowest BCUT2D eigenvalue weighted by atomic mass is 9.97. The second-order valence-electron chi connectivity index (χ2n) is 13.1. The van der Waals surface area contributed by atoms with Crippen molar-refractivity contribution in [2.75, 3.05) is 36.2 Å². The Morgan fingerprint density at radius 2 is 1.04 bits per heavy atom. The van der Waals surface area contributed by atoms with Crippen molar-refractivity contribution >= 4 is 22.1 Å². The zero-order valence-corrected chi connectivity index (χ0v) is 28.0. The summed E-state index contributed by atoms with van der Waals surface area (Å²) in [7, 11) is 0. The number of pyridine rings is 1. The Morgan fingerprint density at radius 1 is 0.479 bits per heavy atom. The number of rotatable bonds is 15. The third-order valence-electron chi connectivity index (χ3n) is 9.67. The summed E-state index contributed by atoms with van der Waals surface area (Å²) in [6, 6.07) is 39.1. The molecule has 244 valence electrons. The summed E-state index contributed by atoms with van der Waals surface area (Å²) >= 11 is 0. The summed E-state index contributed by atoms with van der Waals surface area (Å²) in [6.07, 6.45) is 20.6. The van der Waals surface area contributed by atoms with Gasteiger partial charge >= 0.3 is 0 Å². The minimum absolute atomic E-state index is 0.935. The number of hydrogen-bond acceptors (Lipinski definition) is 5. The summed E-state index contributed by atoms with van der Waals surface area (Å²) < 4.78 is 0. The number of aryl methyl sites for hydroxylation is 2. The first-order valence-corrected chi connectivity index (χ1v) is 17.7. The molecule has 2 aliphatic rings. The third kappa shape index (κ3) is 7.91. The first kappa shape index (κ1) is 31.6. The van der Waals surface area contributed by atoms with E-state index >= 15 is 0 Å². The van der Waals surface area contributed by atoms with Crippen LogP contribution in [-0.2, 0) is 12.8 Å². The molecule has 5 nitrogen and oxygen atoms in total. The first-order valence-electron chi connectivity index (χ1n) is 17.7. The van der Waals surface area contributed by atoms with E-state index in [-0.39, 0.29) is 0 Å². The van der Waals surface area contributed by atoms with Gasteiger partial charge in [0.15, 0.2) is 0 Å². The summed E-state index contributed by atoms with van der Waals surface area (Å²) in [5.74, 6) is 0. The maximum Gasteiger partial charge on any atom is 0.0941 e. The quantitative estimate of drug-likeness (QED) is 0.107. The lowest BCUT2D eigenvalue weighted by molar-refractivity contribution is 0.354. The van der Waals surface area contributed by atoms with E-state index < -0.39 is 0 Å². The standard InChI is InChI=1S/C43H47N5/c1(2-6-18-38-33-44-43(37-16-7-3-8-17-37)42-22-12-11-21-41(38)42)5-15-36-23-25-40(26-24-36)48-32-30-46(35-48)28-14-13-27-45-29-31-47(34-45)39-19-9-4-10-20-39/h3-4,7-12,16-17,19-26,29-33H,1-2,5-6,13-15,18,27-28,34-35H2. The second-order valence-corrected chi connectivity index (χ2v) is 13.1. The molecule has 0 fully saturated rings. The molecule has 0 aliphatic carbocycles. The van der Waals surface area contributed by atoms with Crippen LogP contribution in [0.2, 0.25) is 0 Å². The van der Waals surface area contributed by atoms with Gasteiger partial charge in [0.2, 0.25) is 0 Å². The molecule has 0 atom stereocenters. The van der Waals surface area contributed by atoms with Crippen molar-refractivity contribution in [2.45, 2.75) is 51.4 Å². The van der Waals surface area contributed by atoms with Crippen LogP contribution in [0.3, 0.4) is 0 Å². The van der Waals surface area contributed by atoms with Crippen LogP contribution in [-0.4, -0.2) is 41.2 Å². The van der Waals surface area contributed by atoms with Crippen molar-refractivity contribution in [3.8, 4) is 11.3 Å². The fraction of sp³-hybridized carbons (Fsp3) is 0.279. The molecule has 0 unspecified atom stereocenters. The van der Waals surface area contributed by atoms with Gasteiger partial charge in [-0.25, -0.2) is 0 Å². The zero-order chi connectivity index (χ0) is 32.4. The molecule has 5 aromatic rings. The van der Waals surface area contributed by atoms with Crippen LogP contribution in [0.15, 0.2) is 140 Å². The number of anilines is 2. The monoisotopic (exact) mass is 633 g/mol. The number of unbranched alkanes of at least 4 members (excludes halogenated alkanes) is 4. The van der Waals surface area contributed by atoms with E-state index in [1.807, 2.05) is 0 Å². The molecule has 3 heterocycles. The van der Waals surface area contributed by atoms with Crippen LogP contribution in [0.5, 0.6) is 0 Å². The molecule has 0 saturated carbocycles. The summed E-state index contributed by atoms with van der Waals surface area (Å²) in [5.41, 5.74) is 7.60. The van der Waals surface area contributed by atoms with E-state index in [0.29, 0.717) is 0 Å². The van der Waals surface area contributed by atoms with Crippen molar-refractivity contribution in [3.63, 3.8) is 0 Å². The van der Waals surface area contributed by atoms with Crippen LogP contribution < -0.4 is 9.80 Å². The van der Waals surface area contributed by atoms with Crippen molar-refractivity contribution < 1.29 is 0 Å². The number of nitrogens with zero attached hydrogens (tertiary/aromatic N) is 5. The van der Waals surface area contributed by atoms with Crippen LogP contribution >= 0.6 is 0 Å². The van der Waals surface area contributed by atoms with E-state index in [9.17, 15) is 0 Å². The van der Waals surface area contributed by atoms with Gasteiger partial charge in [0.05, 0.1) is 19.0 Å². The van der Waals surface area contributed by atoms with Gasteiger partial charge in [-0.3, -0.25) is 4.98 Å². The van der Waals surface area contributed by atoms with E-state index in [2.05, 4.69) is 160 Å². The minimum atomic E-state index is 0.935. The molecule has 2 aliphatic heterocycles. The van der Waals surface area contributed by atoms with Gasteiger partial charge in [0.25, 0.3) is 0 Å². The number of benzene rings is 4. The smallest absolute Gasteiger partial charge is 0.0941 e. The van der Waals surface area contributed by atoms with Gasteiger partial charge in [-0.05, 0) is 79.3 Å². The van der Waals surface area contributed by atoms with Crippen molar-refractivity contribution in [1.82, 2.24) is 14.8 Å². The van der Waals surface area contributed by atoms with Crippen LogP contribution in [0.25, 0.3) is 22.0 Å². The lowest BCUT2D eigenvalue weighted by Crippen LogP contribution is -2.27. The Balaban J connectivity index is 0.783. The fourth-order valence-corrected chi connectivity index (χ4v) is 6.93. The predicted molar refractivity (Wildman–Crippen MR) is 202 cm³/mol. The third-order valence-corrected chi connectivity index (χ3v) is 9.67. The largest absolute Gasteiger partial charge is 0.358 e. The lowest BCUT2D eigenvalue weighted by Gasteiger charge is -2.23. The minimum Gasteiger partial charge on any atom is -0.358 e. The highest BCUT2D eigenvalue weighted by Crippen LogP contribution is 2.29. The van der Waals surface area contributed by atoms with Crippen molar-refractivity contribution in [2.24, 2.45) is 0 Å². The van der Waals surface area contributed by atoms with Crippen LogP contribution in [0.1, 0.15) is 49.7 Å². The first-order chi connectivity index (χ1) is 23.8.